The van der Waals surface area contributed by atoms with E-state index in [0.29, 0.717) is 13.1 Å². The van der Waals surface area contributed by atoms with Crippen molar-refractivity contribution in [2.45, 2.75) is 6.92 Å². The Morgan fingerprint density at radius 1 is 1.58 bits per heavy atom. The van der Waals surface area contributed by atoms with Crippen LogP contribution in [0.3, 0.4) is 0 Å². The Hall–Kier alpha value is -0.900. The maximum atomic E-state index is 9.18. The fraction of sp³-hybridized carbons (Fsp3) is 0.250. The lowest BCUT2D eigenvalue weighted by atomic mass is 10.5. The molecule has 12 heavy (non-hydrogen) atoms. The molecule has 0 atom stereocenters. The van der Waals surface area contributed by atoms with Gasteiger partial charge in [0.05, 0.1) is 6.61 Å². The van der Waals surface area contributed by atoms with Crippen molar-refractivity contribution < 1.29 is 9.53 Å². The van der Waals surface area contributed by atoms with Gasteiger partial charge in [0.2, 0.25) is 0 Å². The molecule has 1 aromatic rings. The van der Waals surface area contributed by atoms with Crippen LogP contribution in [0.2, 0.25) is 0 Å². The van der Waals surface area contributed by atoms with Crippen molar-refractivity contribution in [1.29, 1.82) is 0 Å². The Balaban J connectivity index is 0.000000217. The van der Waals surface area contributed by atoms with Crippen LogP contribution in [-0.4, -0.2) is 18.1 Å². The summed E-state index contributed by atoms with van der Waals surface area (Å²) in [7, 11) is 0. The molecule has 66 valence electrons. The van der Waals surface area contributed by atoms with Gasteiger partial charge in [0, 0.05) is 16.9 Å². The molecule has 1 heterocycles. The highest BCUT2D eigenvalue weighted by atomic mass is 79.9. The van der Waals surface area contributed by atoms with E-state index in [1.165, 1.54) is 0 Å². The van der Waals surface area contributed by atoms with E-state index in [2.05, 4.69) is 25.7 Å². The van der Waals surface area contributed by atoms with Gasteiger partial charge in [0.25, 0.3) is 6.47 Å². The van der Waals surface area contributed by atoms with E-state index >= 15 is 0 Å². The number of carbonyl (C=O) groups is 1. The number of pyridine rings is 1. The van der Waals surface area contributed by atoms with Crippen molar-refractivity contribution in [2.75, 3.05) is 6.61 Å². The molecule has 1 rings (SSSR count). The molecule has 0 saturated carbocycles. The second-order valence-corrected chi connectivity index (χ2v) is 2.63. The molecule has 0 spiro atoms. The number of carbonyl (C=O) groups excluding carboxylic acids is 1. The molecule has 0 aliphatic carbocycles. The smallest absolute Gasteiger partial charge is 0.293 e. The van der Waals surface area contributed by atoms with Crippen molar-refractivity contribution in [3.63, 3.8) is 0 Å². The Labute approximate surface area is 79.9 Å². The topological polar surface area (TPSA) is 39.2 Å². The highest BCUT2D eigenvalue weighted by molar-refractivity contribution is 9.10. The summed E-state index contributed by atoms with van der Waals surface area (Å²) in [6, 6.07) is 3.78. The van der Waals surface area contributed by atoms with Gasteiger partial charge in [0.1, 0.15) is 0 Å². The number of ether oxygens (including phenoxy) is 1. The molecule has 0 saturated heterocycles. The minimum atomic E-state index is 0.431. The van der Waals surface area contributed by atoms with Crippen LogP contribution in [0, 0.1) is 0 Å². The van der Waals surface area contributed by atoms with Crippen LogP contribution < -0.4 is 0 Å². The lowest BCUT2D eigenvalue weighted by Crippen LogP contribution is -1.80. The van der Waals surface area contributed by atoms with E-state index < -0.39 is 0 Å². The maximum Gasteiger partial charge on any atom is 0.293 e. The number of hydrogen-bond acceptors (Lipinski definition) is 3. The van der Waals surface area contributed by atoms with Crippen LogP contribution in [0.4, 0.5) is 0 Å². The predicted molar refractivity (Wildman–Crippen MR) is 49.6 cm³/mol. The molecule has 0 bridgehead atoms. The third-order valence-electron chi connectivity index (χ3n) is 0.874. The lowest BCUT2D eigenvalue weighted by Gasteiger charge is -1.80. The van der Waals surface area contributed by atoms with Gasteiger partial charge in [-0.2, -0.15) is 0 Å². The molecule has 1 aromatic heterocycles. The zero-order valence-corrected chi connectivity index (χ0v) is 8.32. The normalized spacial score (nSPS) is 7.83. The van der Waals surface area contributed by atoms with Crippen molar-refractivity contribution in [2.24, 2.45) is 0 Å². The molecule has 4 heteroatoms. The Morgan fingerprint density at radius 3 is 2.33 bits per heavy atom. The first-order chi connectivity index (χ1) is 5.81. The molecule has 3 nitrogen and oxygen atoms in total. The van der Waals surface area contributed by atoms with Crippen LogP contribution in [0.15, 0.2) is 29.0 Å². The predicted octanol–water partition coefficient (Wildman–Crippen LogP) is 2.02. The monoisotopic (exact) mass is 231 g/mol. The molecule has 0 aliphatic rings. The molecule has 0 amide bonds. The average molecular weight is 232 g/mol. The summed E-state index contributed by atoms with van der Waals surface area (Å²) in [5.41, 5.74) is 0. The first-order valence-electron chi connectivity index (χ1n) is 3.42. The van der Waals surface area contributed by atoms with E-state index in [0.717, 1.165) is 4.47 Å². The summed E-state index contributed by atoms with van der Waals surface area (Å²) in [4.78, 5) is 13.0. The van der Waals surface area contributed by atoms with Gasteiger partial charge < -0.3 is 4.74 Å². The summed E-state index contributed by atoms with van der Waals surface area (Å²) >= 11 is 3.27. The van der Waals surface area contributed by atoms with E-state index in [4.69, 9.17) is 0 Å². The zero-order chi connectivity index (χ0) is 9.23. The third-order valence-corrected chi connectivity index (χ3v) is 1.40. The summed E-state index contributed by atoms with van der Waals surface area (Å²) in [5, 5.41) is 0. The molecule has 0 N–H and O–H groups in total. The number of aromatic nitrogens is 1. The number of halogens is 1. The number of hydrogen-bond donors (Lipinski definition) is 0. The molecular weight excluding hydrogens is 222 g/mol. The molecule has 0 aromatic carbocycles. The number of nitrogens with zero attached hydrogens (tertiary/aromatic N) is 1. The van der Waals surface area contributed by atoms with Crippen LogP contribution >= 0.6 is 15.9 Å². The van der Waals surface area contributed by atoms with Gasteiger partial charge in [-0.3, -0.25) is 9.78 Å². The van der Waals surface area contributed by atoms with Gasteiger partial charge in [-0.05, 0) is 19.1 Å². The SMILES string of the molecule is Brc1ccncc1.CCOC=O. The van der Waals surface area contributed by atoms with Crippen LogP contribution in [0.25, 0.3) is 0 Å². The first kappa shape index (κ1) is 11.1. The van der Waals surface area contributed by atoms with Gasteiger partial charge in [0.15, 0.2) is 0 Å². The zero-order valence-electron chi connectivity index (χ0n) is 6.74. The Morgan fingerprint density at radius 2 is 2.17 bits per heavy atom. The van der Waals surface area contributed by atoms with Gasteiger partial charge in [-0.1, -0.05) is 15.9 Å². The quantitative estimate of drug-likeness (QED) is 0.732. The van der Waals surface area contributed by atoms with Gasteiger partial charge in [-0.25, -0.2) is 0 Å². The van der Waals surface area contributed by atoms with Gasteiger partial charge in [-0.15, -0.1) is 0 Å². The van der Waals surface area contributed by atoms with Gasteiger partial charge >= 0.3 is 0 Å². The summed E-state index contributed by atoms with van der Waals surface area (Å²) in [6.45, 7) is 2.66. The highest BCUT2D eigenvalue weighted by Gasteiger charge is 1.75. The molecule has 0 aliphatic heterocycles. The maximum absolute atomic E-state index is 9.18. The third kappa shape index (κ3) is 7.21. The van der Waals surface area contributed by atoms with Crippen molar-refractivity contribution in [1.82, 2.24) is 4.98 Å². The first-order valence-corrected chi connectivity index (χ1v) is 4.21. The second-order valence-electron chi connectivity index (χ2n) is 1.72. The lowest BCUT2D eigenvalue weighted by molar-refractivity contribution is -0.128. The fourth-order valence-corrected chi connectivity index (χ4v) is 0.638. The largest absolute Gasteiger partial charge is 0.468 e. The van der Waals surface area contributed by atoms with Crippen molar-refractivity contribution in [3.05, 3.63) is 29.0 Å². The molecule has 0 radical (unpaired) electrons. The average Bonchev–Trinajstić information content (AvgIpc) is 2.08. The van der Waals surface area contributed by atoms with E-state index in [9.17, 15) is 4.79 Å². The molecular formula is C8H10BrNO2. The Bertz CT molecular complexity index is 203. The second kappa shape index (κ2) is 8.20. The van der Waals surface area contributed by atoms with E-state index in [1.807, 2.05) is 12.1 Å². The Kier molecular flexibility index (Phi) is 7.58. The number of rotatable bonds is 2. The molecule has 0 fully saturated rings. The van der Waals surface area contributed by atoms with Crippen LogP contribution in [0.5, 0.6) is 0 Å². The van der Waals surface area contributed by atoms with Crippen LogP contribution in [0.1, 0.15) is 6.92 Å². The van der Waals surface area contributed by atoms with Crippen molar-refractivity contribution in [3.8, 4) is 0 Å². The summed E-state index contributed by atoms with van der Waals surface area (Å²) in [5.74, 6) is 0. The van der Waals surface area contributed by atoms with E-state index in [1.54, 1.807) is 19.3 Å². The van der Waals surface area contributed by atoms with Crippen molar-refractivity contribution >= 4 is 22.4 Å². The molecule has 0 unspecified atom stereocenters. The minimum Gasteiger partial charge on any atom is -0.468 e. The minimum absolute atomic E-state index is 0.431. The van der Waals surface area contributed by atoms with Crippen LogP contribution in [-0.2, 0) is 9.53 Å². The summed E-state index contributed by atoms with van der Waals surface area (Å²) < 4.78 is 5.22. The standard InChI is InChI=1S/C5H4BrN.C3H6O2/c6-5-1-3-7-4-2-5;1-2-5-3-4/h1-4H;3H,2H2,1H3. The summed E-state index contributed by atoms with van der Waals surface area (Å²) in [6.07, 6.45) is 3.48. The van der Waals surface area contributed by atoms with E-state index in [-0.39, 0.29) is 0 Å². The fourth-order valence-electron chi connectivity index (χ4n) is 0.402. The highest BCUT2D eigenvalue weighted by Crippen LogP contribution is 2.03.